The molecule has 0 aliphatic carbocycles. The molecule has 0 radical (unpaired) electrons. The minimum absolute atomic E-state index is 0.294. The normalized spacial score (nSPS) is 11.3. The number of aliphatic hydroxyl groups is 1. The van der Waals surface area contributed by atoms with Gasteiger partial charge in [0.2, 0.25) is 0 Å². The average Bonchev–Trinajstić information content (AvgIpc) is 2.25. The van der Waals surface area contributed by atoms with Crippen molar-refractivity contribution in [2.75, 3.05) is 18.0 Å². The summed E-state index contributed by atoms with van der Waals surface area (Å²) in [5.74, 6) is 0. The summed E-state index contributed by atoms with van der Waals surface area (Å²) < 4.78 is 0. The number of hydrogen-bond acceptors (Lipinski definition) is 4. The number of nitrogens with zero attached hydrogens (tertiary/aromatic N) is 2. The maximum absolute atomic E-state index is 9.82. The van der Waals surface area contributed by atoms with Gasteiger partial charge in [-0.2, -0.15) is 0 Å². The number of aromatic nitrogens is 1. The summed E-state index contributed by atoms with van der Waals surface area (Å²) in [6.45, 7) is 6.96. The van der Waals surface area contributed by atoms with E-state index in [1.54, 1.807) is 26.1 Å². The molecule has 0 aliphatic rings. The van der Waals surface area contributed by atoms with Crippen LogP contribution < -0.4 is 10.6 Å². The van der Waals surface area contributed by atoms with Crippen molar-refractivity contribution >= 4 is 22.9 Å². The van der Waals surface area contributed by atoms with Gasteiger partial charge in [0.15, 0.2) is 0 Å². The Morgan fingerprint density at radius 2 is 2.18 bits per heavy atom. The molecule has 0 saturated carbocycles. The number of hydrogen-bond donors (Lipinski definition) is 2. The summed E-state index contributed by atoms with van der Waals surface area (Å²) in [7, 11) is 0. The molecule has 1 heterocycles. The molecule has 0 atom stereocenters. The molecule has 1 aromatic heterocycles. The number of thiocarbonyl (C=S) groups is 1. The lowest BCUT2D eigenvalue weighted by Gasteiger charge is -2.29. The molecule has 0 fully saturated rings. The van der Waals surface area contributed by atoms with Gasteiger partial charge >= 0.3 is 0 Å². The van der Waals surface area contributed by atoms with E-state index in [9.17, 15) is 5.11 Å². The van der Waals surface area contributed by atoms with Gasteiger partial charge in [-0.1, -0.05) is 12.2 Å². The molecule has 0 spiro atoms. The quantitative estimate of drug-likeness (QED) is 0.775. The van der Waals surface area contributed by atoms with E-state index < -0.39 is 5.60 Å². The first kappa shape index (κ1) is 13.9. The number of pyridine rings is 1. The molecule has 5 heteroatoms. The lowest BCUT2D eigenvalue weighted by Crippen LogP contribution is -2.38. The van der Waals surface area contributed by atoms with Gasteiger partial charge in [0.25, 0.3) is 0 Å². The number of likely N-dealkylation sites (N-methyl/N-ethyl adjacent to an activating group) is 1. The van der Waals surface area contributed by atoms with Gasteiger partial charge in [-0.25, -0.2) is 0 Å². The van der Waals surface area contributed by atoms with Gasteiger partial charge in [0, 0.05) is 13.1 Å². The zero-order valence-corrected chi connectivity index (χ0v) is 11.3. The SMILES string of the molecule is CCN(CC(C)(C)O)c1ccc(C(N)=S)nc1. The molecule has 17 heavy (non-hydrogen) atoms. The Balaban J connectivity index is 2.86. The highest BCUT2D eigenvalue weighted by molar-refractivity contribution is 7.80. The van der Waals surface area contributed by atoms with Crippen LogP contribution in [0, 0.1) is 0 Å². The molecule has 0 aliphatic heterocycles. The van der Waals surface area contributed by atoms with Crippen LogP contribution in [0.15, 0.2) is 18.3 Å². The molecule has 1 rings (SSSR count). The zero-order chi connectivity index (χ0) is 13.1. The minimum atomic E-state index is -0.738. The second-order valence-electron chi connectivity index (χ2n) is 4.59. The van der Waals surface area contributed by atoms with Gasteiger partial charge in [0.1, 0.15) is 4.99 Å². The zero-order valence-electron chi connectivity index (χ0n) is 10.5. The number of rotatable bonds is 5. The monoisotopic (exact) mass is 253 g/mol. The lowest BCUT2D eigenvalue weighted by molar-refractivity contribution is 0.0876. The third-order valence-corrected chi connectivity index (χ3v) is 2.53. The summed E-state index contributed by atoms with van der Waals surface area (Å²) in [5, 5.41) is 9.82. The molecule has 0 saturated heterocycles. The average molecular weight is 253 g/mol. The Labute approximate surface area is 107 Å². The Bertz CT molecular complexity index is 384. The van der Waals surface area contributed by atoms with Gasteiger partial charge in [-0.3, -0.25) is 4.98 Å². The van der Waals surface area contributed by atoms with E-state index in [0.29, 0.717) is 17.2 Å². The summed E-state index contributed by atoms with van der Waals surface area (Å²) in [6.07, 6.45) is 1.73. The van der Waals surface area contributed by atoms with Crippen LogP contribution in [-0.2, 0) is 0 Å². The molecule has 0 bridgehead atoms. The Morgan fingerprint density at radius 3 is 2.53 bits per heavy atom. The predicted molar refractivity (Wildman–Crippen MR) is 74.3 cm³/mol. The van der Waals surface area contributed by atoms with Crippen molar-refractivity contribution in [2.45, 2.75) is 26.4 Å². The van der Waals surface area contributed by atoms with Crippen LogP contribution in [0.5, 0.6) is 0 Å². The Kier molecular flexibility index (Phi) is 4.42. The maximum atomic E-state index is 9.82. The second kappa shape index (κ2) is 5.42. The topological polar surface area (TPSA) is 62.4 Å². The van der Waals surface area contributed by atoms with Crippen LogP contribution in [0.4, 0.5) is 5.69 Å². The van der Waals surface area contributed by atoms with E-state index in [1.165, 1.54) is 0 Å². The van der Waals surface area contributed by atoms with Gasteiger partial charge in [-0.05, 0) is 32.9 Å². The lowest BCUT2D eigenvalue weighted by atomic mass is 10.1. The Hall–Kier alpha value is -1.20. The smallest absolute Gasteiger partial charge is 0.122 e. The van der Waals surface area contributed by atoms with Crippen molar-refractivity contribution in [3.63, 3.8) is 0 Å². The highest BCUT2D eigenvalue weighted by atomic mass is 32.1. The molecule has 3 N–H and O–H groups in total. The van der Waals surface area contributed by atoms with Crippen LogP contribution in [0.25, 0.3) is 0 Å². The minimum Gasteiger partial charge on any atom is -0.389 e. The molecule has 4 nitrogen and oxygen atoms in total. The molecular weight excluding hydrogens is 234 g/mol. The fourth-order valence-corrected chi connectivity index (χ4v) is 1.69. The van der Waals surface area contributed by atoms with Crippen molar-refractivity contribution in [1.82, 2.24) is 4.98 Å². The Morgan fingerprint density at radius 1 is 1.53 bits per heavy atom. The van der Waals surface area contributed by atoms with Crippen LogP contribution >= 0.6 is 12.2 Å². The van der Waals surface area contributed by atoms with Crippen molar-refractivity contribution < 1.29 is 5.11 Å². The van der Waals surface area contributed by atoms with E-state index in [-0.39, 0.29) is 0 Å². The van der Waals surface area contributed by atoms with Gasteiger partial charge in [0.05, 0.1) is 23.2 Å². The second-order valence-corrected chi connectivity index (χ2v) is 5.03. The maximum Gasteiger partial charge on any atom is 0.122 e. The highest BCUT2D eigenvalue weighted by Gasteiger charge is 2.17. The van der Waals surface area contributed by atoms with E-state index in [2.05, 4.69) is 9.88 Å². The van der Waals surface area contributed by atoms with E-state index >= 15 is 0 Å². The van der Waals surface area contributed by atoms with E-state index in [1.807, 2.05) is 13.0 Å². The highest BCUT2D eigenvalue weighted by Crippen LogP contribution is 2.16. The fraction of sp³-hybridized carbons (Fsp3) is 0.500. The molecule has 0 unspecified atom stereocenters. The van der Waals surface area contributed by atoms with E-state index in [0.717, 1.165) is 12.2 Å². The molecule has 94 valence electrons. The van der Waals surface area contributed by atoms with Crippen LogP contribution in [-0.4, -0.2) is 33.8 Å². The van der Waals surface area contributed by atoms with Gasteiger partial charge < -0.3 is 15.7 Å². The summed E-state index contributed by atoms with van der Waals surface area (Å²) in [6, 6.07) is 3.71. The standard InChI is InChI=1S/C12H19N3OS/c1-4-15(8-12(2,3)16)9-5-6-10(11(13)17)14-7-9/h5-7,16H,4,8H2,1-3H3,(H2,13,17). The first-order valence-corrected chi connectivity index (χ1v) is 5.97. The summed E-state index contributed by atoms with van der Waals surface area (Å²) in [4.78, 5) is 6.53. The van der Waals surface area contributed by atoms with Gasteiger partial charge in [-0.15, -0.1) is 0 Å². The largest absolute Gasteiger partial charge is 0.389 e. The number of anilines is 1. The van der Waals surface area contributed by atoms with Crippen molar-refractivity contribution in [1.29, 1.82) is 0 Å². The number of nitrogens with two attached hydrogens (primary N) is 1. The van der Waals surface area contributed by atoms with Crippen LogP contribution in [0.3, 0.4) is 0 Å². The first-order chi connectivity index (χ1) is 7.83. The third kappa shape index (κ3) is 4.28. The molecule has 0 aromatic carbocycles. The van der Waals surface area contributed by atoms with Crippen molar-refractivity contribution in [3.8, 4) is 0 Å². The summed E-state index contributed by atoms with van der Waals surface area (Å²) in [5.41, 5.74) is 6.32. The molecular formula is C12H19N3OS. The van der Waals surface area contributed by atoms with E-state index in [4.69, 9.17) is 18.0 Å². The molecule has 1 aromatic rings. The van der Waals surface area contributed by atoms with Crippen molar-refractivity contribution in [3.05, 3.63) is 24.0 Å². The van der Waals surface area contributed by atoms with Crippen LogP contribution in [0.1, 0.15) is 26.5 Å². The van der Waals surface area contributed by atoms with Crippen molar-refractivity contribution in [2.24, 2.45) is 5.73 Å². The summed E-state index contributed by atoms with van der Waals surface area (Å²) >= 11 is 4.85. The fourth-order valence-electron chi connectivity index (χ4n) is 1.57. The molecule has 0 amide bonds. The predicted octanol–water partition coefficient (Wildman–Crippen LogP) is 1.31. The van der Waals surface area contributed by atoms with Crippen LogP contribution in [0.2, 0.25) is 0 Å². The third-order valence-electron chi connectivity index (χ3n) is 2.32. The first-order valence-electron chi connectivity index (χ1n) is 5.56.